The quantitative estimate of drug-likeness (QED) is 0.663. The number of rotatable bonds is 4. The minimum absolute atomic E-state index is 0.0305. The molecule has 0 unspecified atom stereocenters. The number of carbonyl (C=O) groups excluding carboxylic acids is 2. The van der Waals surface area contributed by atoms with E-state index in [1.54, 1.807) is 32.4 Å². The summed E-state index contributed by atoms with van der Waals surface area (Å²) in [4.78, 5) is 30.5. The fourth-order valence-electron chi connectivity index (χ4n) is 4.29. The first-order chi connectivity index (χ1) is 15.0. The van der Waals surface area contributed by atoms with E-state index >= 15 is 0 Å². The van der Waals surface area contributed by atoms with Gasteiger partial charge in [-0.1, -0.05) is 18.2 Å². The zero-order valence-electron chi connectivity index (χ0n) is 17.9. The van der Waals surface area contributed by atoms with Gasteiger partial charge in [-0.3, -0.25) is 14.6 Å². The third-order valence-electron chi connectivity index (χ3n) is 5.71. The average molecular weight is 415 g/mol. The molecule has 6 nitrogen and oxygen atoms in total. The second-order valence-electron chi connectivity index (χ2n) is 7.85. The number of carbonyl (C=O) groups is 2. The molecule has 2 atom stereocenters. The summed E-state index contributed by atoms with van der Waals surface area (Å²) in [5, 5.41) is 6.25. The molecule has 0 fully saturated rings. The molecule has 0 aliphatic carbocycles. The lowest BCUT2D eigenvalue weighted by atomic mass is 9.88. The van der Waals surface area contributed by atoms with Gasteiger partial charge in [0.1, 0.15) is 0 Å². The van der Waals surface area contributed by atoms with Crippen molar-refractivity contribution in [3.05, 3.63) is 78.1 Å². The fraction of sp³-hybridized carbons (Fsp3) is 0.240. The molecule has 0 radical (unpaired) electrons. The molecule has 6 heteroatoms. The van der Waals surface area contributed by atoms with Gasteiger partial charge in [0.05, 0.1) is 11.7 Å². The molecule has 1 aromatic heterocycles. The van der Waals surface area contributed by atoms with E-state index in [2.05, 4.69) is 28.6 Å². The summed E-state index contributed by atoms with van der Waals surface area (Å²) in [6.07, 6.45) is 4.33. The molecule has 1 aliphatic rings. The summed E-state index contributed by atoms with van der Waals surface area (Å²) in [7, 11) is 1.63. The molecule has 0 saturated heterocycles. The lowest BCUT2D eigenvalue weighted by molar-refractivity contribution is -0.117. The Labute approximate surface area is 182 Å². The van der Waals surface area contributed by atoms with Gasteiger partial charge in [-0.25, -0.2) is 0 Å². The van der Waals surface area contributed by atoms with Crippen LogP contribution in [0.3, 0.4) is 0 Å². The zero-order chi connectivity index (χ0) is 22.0. The van der Waals surface area contributed by atoms with Crippen LogP contribution in [-0.2, 0) is 4.79 Å². The van der Waals surface area contributed by atoms with Gasteiger partial charge in [-0.2, -0.15) is 0 Å². The largest absolute Gasteiger partial charge is 0.377 e. The normalized spacial score (nSPS) is 17.6. The predicted octanol–water partition coefficient (Wildman–Crippen LogP) is 4.41. The van der Waals surface area contributed by atoms with Crippen molar-refractivity contribution in [1.82, 2.24) is 10.3 Å². The molecule has 2 aromatic carbocycles. The topological polar surface area (TPSA) is 74.3 Å². The number of fused-ring (bicyclic) bond motifs is 1. The van der Waals surface area contributed by atoms with Crippen molar-refractivity contribution >= 4 is 23.2 Å². The second-order valence-corrected chi connectivity index (χ2v) is 7.85. The lowest BCUT2D eigenvalue weighted by Gasteiger charge is -2.39. The molecule has 0 bridgehead atoms. The van der Waals surface area contributed by atoms with Crippen molar-refractivity contribution in [3.8, 4) is 11.1 Å². The molecule has 31 heavy (non-hydrogen) atoms. The number of hydrogen-bond donors (Lipinski definition) is 2. The van der Waals surface area contributed by atoms with Crippen LogP contribution < -0.4 is 15.5 Å². The Kier molecular flexibility index (Phi) is 5.71. The summed E-state index contributed by atoms with van der Waals surface area (Å²) in [5.74, 6) is -0.0875. The summed E-state index contributed by atoms with van der Waals surface area (Å²) in [6, 6.07) is 17.7. The van der Waals surface area contributed by atoms with E-state index in [1.807, 2.05) is 47.4 Å². The van der Waals surface area contributed by atoms with E-state index in [0.29, 0.717) is 5.56 Å². The number of nitrogens with one attached hydrogen (secondary N) is 2. The van der Waals surface area contributed by atoms with Crippen molar-refractivity contribution in [2.45, 2.75) is 32.4 Å². The van der Waals surface area contributed by atoms with Crippen molar-refractivity contribution in [3.63, 3.8) is 0 Å². The van der Waals surface area contributed by atoms with Crippen LogP contribution in [0.4, 0.5) is 11.4 Å². The van der Waals surface area contributed by atoms with Crippen molar-refractivity contribution in [2.24, 2.45) is 0 Å². The van der Waals surface area contributed by atoms with Crippen LogP contribution in [0.5, 0.6) is 0 Å². The molecule has 2 heterocycles. The standard InChI is InChI=1S/C25H26N4O2/c1-16-12-23(28-21-8-5-11-27-15-21)22-14-19(9-10-24(22)29(16)17(2)30)18-6-4-7-20(13-18)25(31)26-3/h4-11,13-16,23,28H,12H2,1-3H3,(H,26,31)/t16-,23+/m0/s1. The summed E-state index contributed by atoms with van der Waals surface area (Å²) < 4.78 is 0. The Morgan fingerprint density at radius 3 is 2.58 bits per heavy atom. The van der Waals surface area contributed by atoms with Crippen LogP contribution in [-0.4, -0.2) is 29.9 Å². The van der Waals surface area contributed by atoms with Gasteiger partial charge in [0.2, 0.25) is 5.91 Å². The highest BCUT2D eigenvalue weighted by molar-refractivity contribution is 5.96. The Bertz CT molecular complexity index is 1110. The minimum atomic E-state index is -0.118. The van der Waals surface area contributed by atoms with E-state index < -0.39 is 0 Å². The van der Waals surface area contributed by atoms with Crippen LogP contribution in [0.2, 0.25) is 0 Å². The van der Waals surface area contributed by atoms with Gasteiger partial charge in [0.15, 0.2) is 0 Å². The Hall–Kier alpha value is -3.67. The monoisotopic (exact) mass is 414 g/mol. The van der Waals surface area contributed by atoms with Gasteiger partial charge < -0.3 is 15.5 Å². The molecule has 3 aromatic rings. The van der Waals surface area contributed by atoms with Gasteiger partial charge >= 0.3 is 0 Å². The van der Waals surface area contributed by atoms with Crippen LogP contribution in [0.1, 0.15) is 42.2 Å². The van der Waals surface area contributed by atoms with Crippen LogP contribution in [0.25, 0.3) is 11.1 Å². The summed E-state index contributed by atoms with van der Waals surface area (Å²) >= 11 is 0. The molecule has 4 rings (SSSR count). The molecular weight excluding hydrogens is 388 g/mol. The second kappa shape index (κ2) is 8.60. The molecular formula is C25H26N4O2. The summed E-state index contributed by atoms with van der Waals surface area (Å²) in [5.41, 5.74) is 5.48. The Morgan fingerprint density at radius 2 is 1.87 bits per heavy atom. The Morgan fingerprint density at radius 1 is 1.06 bits per heavy atom. The number of nitrogens with zero attached hydrogens (tertiary/aromatic N) is 2. The van der Waals surface area contributed by atoms with Crippen molar-refractivity contribution < 1.29 is 9.59 Å². The number of pyridine rings is 1. The number of benzene rings is 2. The van der Waals surface area contributed by atoms with Crippen molar-refractivity contribution in [1.29, 1.82) is 0 Å². The molecule has 0 spiro atoms. The predicted molar refractivity (Wildman–Crippen MR) is 123 cm³/mol. The summed E-state index contributed by atoms with van der Waals surface area (Å²) in [6.45, 7) is 3.68. The highest BCUT2D eigenvalue weighted by Crippen LogP contribution is 2.41. The van der Waals surface area contributed by atoms with Crippen LogP contribution in [0.15, 0.2) is 67.0 Å². The average Bonchev–Trinajstić information content (AvgIpc) is 2.79. The number of anilines is 2. The zero-order valence-corrected chi connectivity index (χ0v) is 17.9. The molecule has 158 valence electrons. The maximum absolute atomic E-state index is 12.4. The SMILES string of the molecule is CNC(=O)c1cccc(-c2ccc3c(c2)[C@H](Nc2cccnc2)C[C@H](C)N3C(C)=O)c1. The highest BCUT2D eigenvalue weighted by Gasteiger charge is 2.32. The maximum atomic E-state index is 12.4. The van der Waals surface area contributed by atoms with Crippen LogP contribution in [0, 0.1) is 0 Å². The first-order valence-electron chi connectivity index (χ1n) is 10.4. The fourth-order valence-corrected chi connectivity index (χ4v) is 4.29. The third kappa shape index (κ3) is 4.14. The van der Waals surface area contributed by atoms with E-state index in [9.17, 15) is 9.59 Å². The molecule has 2 N–H and O–H groups in total. The van der Waals surface area contributed by atoms with Crippen molar-refractivity contribution in [2.75, 3.05) is 17.3 Å². The lowest BCUT2D eigenvalue weighted by Crippen LogP contribution is -2.43. The van der Waals surface area contributed by atoms with Crippen LogP contribution >= 0.6 is 0 Å². The van der Waals surface area contributed by atoms with Gasteiger partial charge in [0, 0.05) is 43.7 Å². The smallest absolute Gasteiger partial charge is 0.251 e. The highest BCUT2D eigenvalue weighted by atomic mass is 16.2. The Balaban J connectivity index is 1.78. The van der Waals surface area contributed by atoms with E-state index in [4.69, 9.17) is 0 Å². The van der Waals surface area contributed by atoms with Gasteiger partial charge in [-0.15, -0.1) is 0 Å². The van der Waals surface area contributed by atoms with Gasteiger partial charge in [-0.05, 0) is 66.4 Å². The minimum Gasteiger partial charge on any atom is -0.377 e. The molecule has 2 amide bonds. The molecule has 0 saturated carbocycles. The maximum Gasteiger partial charge on any atom is 0.251 e. The molecule has 1 aliphatic heterocycles. The number of amides is 2. The number of hydrogen-bond acceptors (Lipinski definition) is 4. The number of aromatic nitrogens is 1. The van der Waals surface area contributed by atoms with Gasteiger partial charge in [0.25, 0.3) is 5.91 Å². The first kappa shape index (κ1) is 20.6. The van der Waals surface area contributed by atoms with E-state index in [-0.39, 0.29) is 23.9 Å². The van der Waals surface area contributed by atoms with E-state index in [1.165, 1.54) is 0 Å². The third-order valence-corrected chi connectivity index (χ3v) is 5.71. The first-order valence-corrected chi connectivity index (χ1v) is 10.4. The van der Waals surface area contributed by atoms with E-state index in [0.717, 1.165) is 34.5 Å².